The van der Waals surface area contributed by atoms with Gasteiger partial charge in [-0.3, -0.25) is 14.2 Å². The Kier molecular flexibility index (Phi) is 3.83. The first-order valence-electron chi connectivity index (χ1n) is 9.87. The highest BCUT2D eigenvalue weighted by Gasteiger charge is 2.14. The van der Waals surface area contributed by atoms with Crippen LogP contribution in [0.4, 0.5) is 0 Å². The van der Waals surface area contributed by atoms with E-state index in [1.165, 1.54) is 0 Å². The van der Waals surface area contributed by atoms with Gasteiger partial charge in [-0.05, 0) is 42.5 Å². The number of pyridine rings is 2. The molecule has 146 valence electrons. The highest BCUT2D eigenvalue weighted by Crippen LogP contribution is 2.23. The topological polar surface area (TPSA) is 73.0 Å². The molecule has 0 saturated carbocycles. The van der Waals surface area contributed by atoms with Gasteiger partial charge in [0.15, 0.2) is 17.1 Å². The van der Waals surface area contributed by atoms with Crippen LogP contribution in [0.15, 0.2) is 91.3 Å². The zero-order valence-electron chi connectivity index (χ0n) is 16.3. The van der Waals surface area contributed by atoms with Crippen molar-refractivity contribution < 1.29 is 4.79 Å². The van der Waals surface area contributed by atoms with Gasteiger partial charge in [-0.25, -0.2) is 15.0 Å². The molecule has 2 aromatic carbocycles. The zero-order chi connectivity index (χ0) is 20.8. The smallest absolute Gasteiger partial charge is 0.198 e. The molecular weight excluding hydrogens is 386 g/mol. The van der Waals surface area contributed by atoms with E-state index in [9.17, 15) is 4.79 Å². The summed E-state index contributed by atoms with van der Waals surface area (Å²) in [5, 5.41) is 0. The first-order chi connectivity index (χ1) is 15.3. The van der Waals surface area contributed by atoms with E-state index in [-0.39, 0.29) is 5.78 Å². The lowest BCUT2D eigenvalue weighted by molar-refractivity contribution is 0.103. The van der Waals surface area contributed by atoms with Gasteiger partial charge in [0.1, 0.15) is 5.65 Å². The van der Waals surface area contributed by atoms with Gasteiger partial charge in [0.25, 0.3) is 0 Å². The van der Waals surface area contributed by atoms with E-state index in [4.69, 9.17) is 4.98 Å². The average molecular weight is 401 g/mol. The fourth-order valence-corrected chi connectivity index (χ4v) is 3.72. The van der Waals surface area contributed by atoms with Crippen molar-refractivity contribution in [2.75, 3.05) is 0 Å². The van der Waals surface area contributed by atoms with Crippen molar-refractivity contribution in [2.45, 2.75) is 0 Å². The van der Waals surface area contributed by atoms with E-state index in [2.05, 4.69) is 15.0 Å². The quantitative estimate of drug-likeness (QED) is 0.401. The van der Waals surface area contributed by atoms with Crippen molar-refractivity contribution in [1.29, 1.82) is 0 Å². The summed E-state index contributed by atoms with van der Waals surface area (Å²) >= 11 is 0. The lowest BCUT2D eigenvalue weighted by atomic mass is 10.0. The number of carbonyl (C=O) groups is 1. The second kappa shape index (κ2) is 6.81. The van der Waals surface area contributed by atoms with Crippen LogP contribution >= 0.6 is 0 Å². The highest BCUT2D eigenvalue weighted by molar-refractivity contribution is 6.10. The highest BCUT2D eigenvalue weighted by atomic mass is 16.1. The molecule has 0 aliphatic rings. The van der Waals surface area contributed by atoms with Gasteiger partial charge in [-0.15, -0.1) is 0 Å². The third-order valence-electron chi connectivity index (χ3n) is 5.27. The molecule has 6 aromatic rings. The van der Waals surface area contributed by atoms with Crippen molar-refractivity contribution in [2.24, 2.45) is 0 Å². The molecule has 0 aliphatic heterocycles. The molecule has 6 rings (SSSR count). The third-order valence-corrected chi connectivity index (χ3v) is 5.27. The molecule has 0 aliphatic carbocycles. The molecule has 0 atom stereocenters. The molecule has 4 heterocycles. The Morgan fingerprint density at radius 2 is 1.61 bits per heavy atom. The number of imidazole rings is 1. The summed E-state index contributed by atoms with van der Waals surface area (Å²) < 4.78 is 1.90. The summed E-state index contributed by atoms with van der Waals surface area (Å²) in [4.78, 5) is 31.3. The Hall–Kier alpha value is -4.45. The van der Waals surface area contributed by atoms with Gasteiger partial charge in [0, 0.05) is 29.1 Å². The van der Waals surface area contributed by atoms with Crippen LogP contribution in [0, 0.1) is 0 Å². The summed E-state index contributed by atoms with van der Waals surface area (Å²) in [6, 6.07) is 24.4. The van der Waals surface area contributed by atoms with Gasteiger partial charge in [-0.1, -0.05) is 36.4 Å². The Morgan fingerprint density at radius 1 is 0.742 bits per heavy atom. The molecule has 31 heavy (non-hydrogen) atoms. The van der Waals surface area contributed by atoms with Gasteiger partial charge in [0.2, 0.25) is 0 Å². The van der Waals surface area contributed by atoms with Crippen LogP contribution in [0.5, 0.6) is 0 Å². The molecule has 0 saturated heterocycles. The van der Waals surface area contributed by atoms with Crippen LogP contribution in [0.25, 0.3) is 39.2 Å². The number of hydrogen-bond acceptors (Lipinski definition) is 5. The van der Waals surface area contributed by atoms with Crippen molar-refractivity contribution in [1.82, 2.24) is 24.3 Å². The number of hydrogen-bond donors (Lipinski definition) is 0. The molecule has 0 fully saturated rings. The maximum absolute atomic E-state index is 12.8. The fourth-order valence-electron chi connectivity index (χ4n) is 3.72. The lowest BCUT2D eigenvalue weighted by Crippen LogP contribution is -2.01. The molecule has 0 unspecified atom stereocenters. The summed E-state index contributed by atoms with van der Waals surface area (Å²) in [6.07, 6.45) is 3.69. The molecule has 0 radical (unpaired) electrons. The van der Waals surface area contributed by atoms with Gasteiger partial charge >= 0.3 is 0 Å². The predicted molar refractivity (Wildman–Crippen MR) is 119 cm³/mol. The van der Waals surface area contributed by atoms with Crippen LogP contribution in [-0.4, -0.2) is 30.1 Å². The van der Waals surface area contributed by atoms with Gasteiger partial charge < -0.3 is 0 Å². The number of nitrogens with zero attached hydrogens (tertiary/aromatic N) is 5. The summed E-state index contributed by atoms with van der Waals surface area (Å²) in [7, 11) is 0. The lowest BCUT2D eigenvalue weighted by Gasteiger charge is -2.03. The van der Waals surface area contributed by atoms with Gasteiger partial charge in [-0.2, -0.15) is 0 Å². The fraction of sp³-hybridized carbons (Fsp3) is 0. The standard InChI is InChI=1S/C25H15N5O/c31-23(16-6-2-1-3-7-16)18-9-10-20-21(14-18)28-25-24(27-20)29-22-15-17(11-13-30(22)25)19-8-4-5-12-26-19/h1-15H. The maximum Gasteiger partial charge on any atom is 0.198 e. The van der Waals surface area contributed by atoms with Gasteiger partial charge in [0.05, 0.1) is 16.7 Å². The molecule has 0 amide bonds. The van der Waals surface area contributed by atoms with E-state index in [1.54, 1.807) is 18.3 Å². The normalized spacial score (nSPS) is 11.4. The minimum atomic E-state index is -0.0393. The molecule has 0 N–H and O–H groups in total. The third kappa shape index (κ3) is 2.93. The Morgan fingerprint density at radius 3 is 2.45 bits per heavy atom. The monoisotopic (exact) mass is 401 g/mol. The SMILES string of the molecule is O=C(c1ccccc1)c1ccc2nc3nc4cc(-c5ccccn5)ccn4c3nc2c1. The first-order valence-corrected chi connectivity index (χ1v) is 9.87. The zero-order valence-corrected chi connectivity index (χ0v) is 16.3. The van der Waals surface area contributed by atoms with E-state index in [0.29, 0.717) is 33.5 Å². The largest absolute Gasteiger partial charge is 0.289 e. The van der Waals surface area contributed by atoms with Crippen molar-refractivity contribution in [3.63, 3.8) is 0 Å². The second-order valence-corrected chi connectivity index (χ2v) is 7.24. The Bertz CT molecular complexity index is 1590. The number of rotatable bonds is 3. The molecule has 6 heteroatoms. The van der Waals surface area contributed by atoms with Crippen LogP contribution in [0.3, 0.4) is 0 Å². The van der Waals surface area contributed by atoms with E-state index in [1.807, 2.05) is 77.3 Å². The van der Waals surface area contributed by atoms with E-state index < -0.39 is 0 Å². The van der Waals surface area contributed by atoms with Crippen LogP contribution in [0.1, 0.15) is 15.9 Å². The summed E-state index contributed by atoms with van der Waals surface area (Å²) in [5.74, 6) is -0.0393. The van der Waals surface area contributed by atoms with Crippen molar-refractivity contribution in [3.05, 3.63) is 102 Å². The van der Waals surface area contributed by atoms with Crippen LogP contribution in [-0.2, 0) is 0 Å². The number of fused-ring (bicyclic) bond motifs is 4. The molecular formula is C25H15N5O. The number of benzene rings is 2. The van der Waals surface area contributed by atoms with Crippen molar-refractivity contribution >= 4 is 33.8 Å². The number of ketones is 1. The minimum absolute atomic E-state index is 0.0393. The Balaban J connectivity index is 1.49. The van der Waals surface area contributed by atoms with E-state index >= 15 is 0 Å². The van der Waals surface area contributed by atoms with Crippen LogP contribution < -0.4 is 0 Å². The maximum atomic E-state index is 12.8. The molecule has 4 aromatic heterocycles. The molecule has 0 spiro atoms. The number of aromatic nitrogens is 5. The second-order valence-electron chi connectivity index (χ2n) is 7.24. The summed E-state index contributed by atoms with van der Waals surface area (Å²) in [6.45, 7) is 0. The minimum Gasteiger partial charge on any atom is -0.289 e. The Labute approximate surface area is 176 Å². The average Bonchev–Trinajstić information content (AvgIpc) is 3.19. The van der Waals surface area contributed by atoms with E-state index in [0.717, 1.165) is 16.9 Å². The number of carbonyl (C=O) groups excluding carboxylic acids is 1. The predicted octanol–water partition coefficient (Wildman–Crippen LogP) is 4.72. The molecule has 6 nitrogen and oxygen atoms in total. The first kappa shape index (κ1) is 17.4. The van der Waals surface area contributed by atoms with Crippen molar-refractivity contribution in [3.8, 4) is 11.3 Å². The van der Waals surface area contributed by atoms with Crippen LogP contribution in [0.2, 0.25) is 0 Å². The summed E-state index contributed by atoms with van der Waals surface area (Å²) in [5.41, 5.74) is 6.40. The molecule has 0 bridgehead atoms.